The molecule has 0 fully saturated rings. The second-order valence-electron chi connectivity index (χ2n) is 7.01. The first-order valence-electron chi connectivity index (χ1n) is 9.10. The largest absolute Gasteiger partial charge is 0.496 e. The van der Waals surface area contributed by atoms with E-state index in [0.29, 0.717) is 18.8 Å². The highest BCUT2D eigenvalue weighted by molar-refractivity contribution is 6.11. The van der Waals surface area contributed by atoms with Crippen molar-refractivity contribution in [3.63, 3.8) is 0 Å². The van der Waals surface area contributed by atoms with E-state index in [-0.39, 0.29) is 11.8 Å². The van der Waals surface area contributed by atoms with Crippen LogP contribution in [0.4, 0.5) is 5.69 Å². The molecule has 5 heteroatoms. The maximum atomic E-state index is 13.1. The van der Waals surface area contributed by atoms with Crippen LogP contribution in [0.15, 0.2) is 48.5 Å². The van der Waals surface area contributed by atoms with Gasteiger partial charge in [-0.05, 0) is 51.5 Å². The van der Waals surface area contributed by atoms with Gasteiger partial charge in [0.2, 0.25) is 11.8 Å². The van der Waals surface area contributed by atoms with Crippen molar-refractivity contribution < 1.29 is 14.3 Å². The van der Waals surface area contributed by atoms with Crippen molar-refractivity contribution in [3.8, 4) is 5.75 Å². The molecule has 2 amide bonds. The molecule has 2 aromatic carbocycles. The number of para-hydroxylation sites is 1. The molecule has 144 valence electrons. The number of ether oxygens (including phenoxy) is 1. The number of methoxy groups -OCH3 is 1. The Balaban J connectivity index is 2.15. The lowest BCUT2D eigenvalue weighted by Gasteiger charge is -2.30. The standard InChI is InChI=1S/C22H28N2O3/c1-6-24(18-12-9-10-16(2)14-18)21(26)22(3,4)20(25)23-15-17-11-7-8-13-19(17)27-5/h7-14H,6,15H2,1-5H3,(H,23,25). The number of carbonyl (C=O) groups excluding carboxylic acids is 2. The highest BCUT2D eigenvalue weighted by Gasteiger charge is 2.39. The van der Waals surface area contributed by atoms with Crippen molar-refractivity contribution in [3.05, 3.63) is 59.7 Å². The van der Waals surface area contributed by atoms with E-state index in [2.05, 4.69) is 5.32 Å². The van der Waals surface area contributed by atoms with Gasteiger partial charge >= 0.3 is 0 Å². The normalized spacial score (nSPS) is 11.0. The second kappa shape index (κ2) is 8.71. The molecular formula is C22H28N2O3. The summed E-state index contributed by atoms with van der Waals surface area (Å²) in [5.74, 6) is 0.162. The number of carbonyl (C=O) groups is 2. The summed E-state index contributed by atoms with van der Waals surface area (Å²) in [4.78, 5) is 27.6. The Morgan fingerprint density at radius 2 is 1.81 bits per heavy atom. The monoisotopic (exact) mass is 368 g/mol. The number of nitrogens with one attached hydrogen (secondary N) is 1. The summed E-state index contributed by atoms with van der Waals surface area (Å²) < 4.78 is 5.31. The van der Waals surface area contributed by atoms with Crippen molar-refractivity contribution >= 4 is 17.5 Å². The molecule has 0 saturated carbocycles. The fourth-order valence-corrected chi connectivity index (χ4v) is 2.92. The van der Waals surface area contributed by atoms with Gasteiger partial charge in [-0.1, -0.05) is 30.3 Å². The van der Waals surface area contributed by atoms with Crippen LogP contribution in [-0.4, -0.2) is 25.5 Å². The third kappa shape index (κ3) is 4.67. The van der Waals surface area contributed by atoms with E-state index >= 15 is 0 Å². The van der Waals surface area contributed by atoms with E-state index in [9.17, 15) is 9.59 Å². The zero-order valence-corrected chi connectivity index (χ0v) is 16.7. The topological polar surface area (TPSA) is 58.6 Å². The number of anilines is 1. The maximum Gasteiger partial charge on any atom is 0.242 e. The van der Waals surface area contributed by atoms with E-state index in [0.717, 1.165) is 16.8 Å². The fourth-order valence-electron chi connectivity index (χ4n) is 2.92. The summed E-state index contributed by atoms with van der Waals surface area (Å²) in [6.07, 6.45) is 0. The summed E-state index contributed by atoms with van der Waals surface area (Å²) in [5.41, 5.74) is 1.54. The van der Waals surface area contributed by atoms with Gasteiger partial charge in [-0.25, -0.2) is 0 Å². The minimum atomic E-state index is -1.19. The highest BCUT2D eigenvalue weighted by atomic mass is 16.5. The molecule has 0 aliphatic carbocycles. The molecule has 0 radical (unpaired) electrons. The number of rotatable bonds is 7. The van der Waals surface area contributed by atoms with Gasteiger partial charge in [-0.15, -0.1) is 0 Å². The predicted molar refractivity (Wildman–Crippen MR) is 108 cm³/mol. The molecule has 0 spiro atoms. The van der Waals surface area contributed by atoms with Crippen LogP contribution in [-0.2, 0) is 16.1 Å². The lowest BCUT2D eigenvalue weighted by atomic mass is 9.89. The molecule has 0 atom stereocenters. The van der Waals surface area contributed by atoms with Crippen molar-refractivity contribution in [1.82, 2.24) is 5.32 Å². The van der Waals surface area contributed by atoms with Gasteiger partial charge in [-0.3, -0.25) is 9.59 Å². The molecule has 27 heavy (non-hydrogen) atoms. The third-order valence-corrected chi connectivity index (χ3v) is 4.61. The second-order valence-corrected chi connectivity index (χ2v) is 7.01. The minimum Gasteiger partial charge on any atom is -0.496 e. The summed E-state index contributed by atoms with van der Waals surface area (Å²) in [5, 5.41) is 2.87. The molecule has 0 aromatic heterocycles. The maximum absolute atomic E-state index is 13.1. The van der Waals surface area contributed by atoms with Crippen LogP contribution in [0.5, 0.6) is 5.75 Å². The van der Waals surface area contributed by atoms with E-state index < -0.39 is 5.41 Å². The molecule has 5 nitrogen and oxygen atoms in total. The Kier molecular flexibility index (Phi) is 6.61. The van der Waals surface area contributed by atoms with Crippen LogP contribution >= 0.6 is 0 Å². The fraction of sp³-hybridized carbons (Fsp3) is 0.364. The number of benzene rings is 2. The van der Waals surface area contributed by atoms with Gasteiger partial charge < -0.3 is 15.0 Å². The Labute approximate surface area is 161 Å². The molecule has 0 heterocycles. The molecule has 0 saturated heterocycles. The Hall–Kier alpha value is -2.82. The Bertz CT molecular complexity index is 815. The molecular weight excluding hydrogens is 340 g/mol. The summed E-state index contributed by atoms with van der Waals surface area (Å²) in [7, 11) is 1.59. The van der Waals surface area contributed by atoms with Gasteiger partial charge in [0.1, 0.15) is 11.2 Å². The smallest absolute Gasteiger partial charge is 0.242 e. The first-order valence-corrected chi connectivity index (χ1v) is 9.10. The van der Waals surface area contributed by atoms with Gasteiger partial charge in [0.05, 0.1) is 7.11 Å². The lowest BCUT2D eigenvalue weighted by Crippen LogP contribution is -2.49. The number of nitrogens with zero attached hydrogens (tertiary/aromatic N) is 1. The SMILES string of the molecule is CCN(C(=O)C(C)(C)C(=O)NCc1ccccc1OC)c1cccc(C)c1. The van der Waals surface area contributed by atoms with Crippen molar-refractivity contribution in [2.24, 2.45) is 5.41 Å². The van der Waals surface area contributed by atoms with E-state index in [1.807, 2.05) is 62.4 Å². The molecule has 0 unspecified atom stereocenters. The molecule has 2 aromatic rings. The number of aryl methyl sites for hydroxylation is 1. The van der Waals surface area contributed by atoms with Crippen molar-refractivity contribution in [2.75, 3.05) is 18.6 Å². The average molecular weight is 368 g/mol. The van der Waals surface area contributed by atoms with Crippen molar-refractivity contribution in [2.45, 2.75) is 34.2 Å². The predicted octanol–water partition coefficient (Wildman–Crippen LogP) is 3.70. The first kappa shape index (κ1) is 20.5. The molecule has 1 N–H and O–H groups in total. The summed E-state index contributed by atoms with van der Waals surface area (Å²) in [6, 6.07) is 15.2. The van der Waals surface area contributed by atoms with E-state index in [1.54, 1.807) is 25.9 Å². The van der Waals surface area contributed by atoms with Crippen LogP contribution in [0.25, 0.3) is 0 Å². The molecule has 0 bridgehead atoms. The average Bonchev–Trinajstić information content (AvgIpc) is 2.66. The third-order valence-electron chi connectivity index (χ3n) is 4.61. The van der Waals surface area contributed by atoms with Crippen LogP contribution in [0.1, 0.15) is 31.9 Å². The minimum absolute atomic E-state index is 0.229. The highest BCUT2D eigenvalue weighted by Crippen LogP contribution is 2.25. The van der Waals surface area contributed by atoms with Gasteiger partial charge in [0, 0.05) is 24.3 Å². The Morgan fingerprint density at radius 1 is 1.11 bits per heavy atom. The first-order chi connectivity index (χ1) is 12.8. The zero-order valence-electron chi connectivity index (χ0n) is 16.7. The number of amides is 2. The van der Waals surface area contributed by atoms with Crippen LogP contribution in [0.3, 0.4) is 0 Å². The van der Waals surface area contributed by atoms with Crippen LogP contribution < -0.4 is 15.0 Å². The quantitative estimate of drug-likeness (QED) is 0.758. The van der Waals surface area contributed by atoms with E-state index in [1.165, 1.54) is 0 Å². The Morgan fingerprint density at radius 3 is 2.44 bits per heavy atom. The van der Waals surface area contributed by atoms with Crippen LogP contribution in [0.2, 0.25) is 0 Å². The van der Waals surface area contributed by atoms with Gasteiger partial charge in [-0.2, -0.15) is 0 Å². The van der Waals surface area contributed by atoms with E-state index in [4.69, 9.17) is 4.74 Å². The molecule has 0 aliphatic heterocycles. The number of hydrogen-bond acceptors (Lipinski definition) is 3. The van der Waals surface area contributed by atoms with Crippen molar-refractivity contribution in [1.29, 1.82) is 0 Å². The number of hydrogen-bond donors (Lipinski definition) is 1. The molecule has 2 rings (SSSR count). The van der Waals surface area contributed by atoms with Gasteiger partial charge in [0.25, 0.3) is 0 Å². The molecule has 0 aliphatic rings. The summed E-state index contributed by atoms with van der Waals surface area (Å²) in [6.45, 7) is 7.99. The summed E-state index contributed by atoms with van der Waals surface area (Å²) >= 11 is 0. The lowest BCUT2D eigenvalue weighted by molar-refractivity contribution is -0.139. The van der Waals surface area contributed by atoms with Crippen LogP contribution in [0, 0.1) is 12.3 Å². The van der Waals surface area contributed by atoms with Gasteiger partial charge in [0.15, 0.2) is 0 Å². The zero-order chi connectivity index (χ0) is 20.0.